The summed E-state index contributed by atoms with van der Waals surface area (Å²) in [5.41, 5.74) is 4.82. The predicted octanol–water partition coefficient (Wildman–Crippen LogP) is 6.96. The van der Waals surface area contributed by atoms with Gasteiger partial charge in [-0.25, -0.2) is 4.59 Å². The van der Waals surface area contributed by atoms with Gasteiger partial charge in [0, 0.05) is 11.3 Å². The van der Waals surface area contributed by atoms with Gasteiger partial charge < -0.3 is 5.11 Å². The van der Waals surface area contributed by atoms with Crippen LogP contribution in [-0.4, -0.2) is 48.1 Å². The van der Waals surface area contributed by atoms with Crippen LogP contribution in [0.3, 0.4) is 0 Å². The Morgan fingerprint density at radius 2 is 1.71 bits per heavy atom. The third-order valence-corrected chi connectivity index (χ3v) is 10.4. The topological polar surface area (TPSA) is 32.6 Å². The molecule has 5 atom stereocenters. The maximum atomic E-state index is 15.3. The molecule has 0 heterocycles. The van der Waals surface area contributed by atoms with E-state index in [0.717, 1.165) is 31.4 Å². The van der Waals surface area contributed by atoms with Gasteiger partial charge in [-0.05, 0) is 110 Å². The van der Waals surface area contributed by atoms with Crippen LogP contribution >= 0.6 is 0 Å². The Hall–Kier alpha value is -2.29. The van der Waals surface area contributed by atoms with Crippen molar-refractivity contribution >= 4 is 5.71 Å². The molecule has 38 heavy (non-hydrogen) atoms. The normalized spacial score (nSPS) is 36.3. The van der Waals surface area contributed by atoms with E-state index in [2.05, 4.69) is 51.5 Å². The van der Waals surface area contributed by atoms with Crippen LogP contribution in [0.5, 0.6) is 0 Å². The highest BCUT2D eigenvalue weighted by atomic mass is 19.3. The van der Waals surface area contributed by atoms with Crippen LogP contribution in [0.2, 0.25) is 0 Å². The summed E-state index contributed by atoms with van der Waals surface area (Å²) in [6, 6.07) is 8.94. The van der Waals surface area contributed by atoms with E-state index in [0.29, 0.717) is 23.4 Å². The Morgan fingerprint density at radius 1 is 1.03 bits per heavy atom. The number of alkyl halides is 2. The largest absolute Gasteiger partial charge is 0.382 e. The SMILES string of the molecule is C#CC(F)(F)[C@]1(O)CC[C@H]2[C@@H]3CCC4=CC(=N[N+](C)(C)C)CCC4=C3C(c3ccc(C4CC4)cc3)C[C@@]21C. The Labute approximate surface area is 226 Å². The molecule has 202 valence electrons. The first-order chi connectivity index (χ1) is 17.9. The monoisotopic (exact) mass is 519 g/mol. The van der Waals surface area contributed by atoms with Gasteiger partial charge in [-0.1, -0.05) is 41.9 Å². The zero-order chi connectivity index (χ0) is 27.1. The summed E-state index contributed by atoms with van der Waals surface area (Å²) in [5, 5.41) is 16.6. The lowest BCUT2D eigenvalue weighted by atomic mass is 9.50. The number of allylic oxidation sites excluding steroid dienone is 4. The van der Waals surface area contributed by atoms with Crippen molar-refractivity contribution in [2.45, 2.75) is 88.1 Å². The van der Waals surface area contributed by atoms with E-state index < -0.39 is 16.9 Å². The molecule has 3 fully saturated rings. The van der Waals surface area contributed by atoms with Crippen LogP contribution in [0.25, 0.3) is 0 Å². The zero-order valence-electron chi connectivity index (χ0n) is 23.2. The second-order valence-corrected chi connectivity index (χ2v) is 13.6. The molecule has 0 amide bonds. The van der Waals surface area contributed by atoms with Crippen molar-refractivity contribution in [1.29, 1.82) is 0 Å². The summed E-state index contributed by atoms with van der Waals surface area (Å²) in [5.74, 6) is -1.01. The minimum absolute atomic E-state index is 0.000863. The van der Waals surface area contributed by atoms with Crippen LogP contribution in [0.1, 0.15) is 87.7 Å². The molecule has 1 N–H and O–H groups in total. The van der Waals surface area contributed by atoms with Gasteiger partial charge in [-0.3, -0.25) is 0 Å². The number of aliphatic hydroxyl groups is 1. The molecule has 0 aliphatic heterocycles. The standard InChI is InChI=1S/C33H41F2N2O/c1-6-33(34,35)32(38)18-17-29-27-15-13-24-19-25(36-37(3,4)5)14-16-26(24)30(27)28(20-31(29,32)2)23-11-9-22(10-12-23)21-7-8-21/h1,9-12,19,21,27-29,38H,7-8,13-18,20H2,2-5H3/q+1/t27-,28?,29-,31-,32-/m0/s1. The van der Waals surface area contributed by atoms with Crippen LogP contribution in [0, 0.1) is 29.6 Å². The lowest BCUT2D eigenvalue weighted by Crippen LogP contribution is -2.60. The smallest absolute Gasteiger partial charge is 0.336 e. The highest BCUT2D eigenvalue weighted by Gasteiger charge is 2.71. The highest BCUT2D eigenvalue weighted by Crippen LogP contribution is 2.69. The molecule has 1 unspecified atom stereocenters. The molecule has 3 saturated carbocycles. The number of rotatable bonds is 4. The second-order valence-electron chi connectivity index (χ2n) is 13.6. The molecule has 6 rings (SSSR count). The molecule has 0 spiro atoms. The minimum Gasteiger partial charge on any atom is -0.382 e. The van der Waals surface area contributed by atoms with Gasteiger partial charge in [0.1, 0.15) is 5.60 Å². The lowest BCUT2D eigenvalue weighted by Gasteiger charge is -2.55. The summed E-state index contributed by atoms with van der Waals surface area (Å²) < 4.78 is 31.1. The number of halogens is 2. The summed E-state index contributed by atoms with van der Waals surface area (Å²) in [4.78, 5) is 0. The van der Waals surface area contributed by atoms with Gasteiger partial charge in [0.25, 0.3) is 0 Å². The first kappa shape index (κ1) is 26.0. The maximum absolute atomic E-state index is 15.3. The van der Waals surface area contributed by atoms with Gasteiger partial charge in [-0.2, -0.15) is 8.78 Å². The van der Waals surface area contributed by atoms with Crippen molar-refractivity contribution in [2.24, 2.45) is 22.4 Å². The average molecular weight is 520 g/mol. The van der Waals surface area contributed by atoms with Crippen molar-refractivity contribution in [2.75, 3.05) is 21.1 Å². The van der Waals surface area contributed by atoms with Gasteiger partial charge in [0.2, 0.25) is 0 Å². The number of hydrogen-bond donors (Lipinski definition) is 1. The zero-order valence-corrected chi connectivity index (χ0v) is 23.2. The number of hydrogen-bond acceptors (Lipinski definition) is 2. The number of quaternary nitrogens is 1. The number of benzene rings is 1. The fourth-order valence-corrected chi connectivity index (χ4v) is 8.49. The van der Waals surface area contributed by atoms with Crippen LogP contribution in [0.4, 0.5) is 8.78 Å². The Bertz CT molecular complexity index is 1270. The fourth-order valence-electron chi connectivity index (χ4n) is 8.49. The number of terminal acetylenes is 1. The van der Waals surface area contributed by atoms with Crippen LogP contribution in [-0.2, 0) is 0 Å². The third kappa shape index (κ3) is 3.94. The van der Waals surface area contributed by atoms with E-state index in [-0.39, 0.29) is 24.2 Å². The Morgan fingerprint density at radius 3 is 2.34 bits per heavy atom. The lowest BCUT2D eigenvalue weighted by molar-refractivity contribution is -0.877. The van der Waals surface area contributed by atoms with Crippen molar-refractivity contribution in [3.8, 4) is 12.3 Å². The summed E-state index contributed by atoms with van der Waals surface area (Å²) in [7, 11) is 6.23. The van der Waals surface area contributed by atoms with E-state index in [1.807, 2.05) is 6.92 Å². The van der Waals surface area contributed by atoms with E-state index in [9.17, 15) is 5.11 Å². The van der Waals surface area contributed by atoms with Gasteiger partial charge in [0.15, 0.2) is 0 Å². The third-order valence-electron chi connectivity index (χ3n) is 10.4. The summed E-state index contributed by atoms with van der Waals surface area (Å²) in [6.07, 6.45) is 15.0. The number of nitrogens with zero attached hydrogens (tertiary/aromatic N) is 2. The Kier molecular flexibility index (Phi) is 5.88. The van der Waals surface area contributed by atoms with Crippen LogP contribution < -0.4 is 0 Å². The molecule has 0 aromatic heterocycles. The van der Waals surface area contributed by atoms with E-state index in [4.69, 9.17) is 11.5 Å². The van der Waals surface area contributed by atoms with Crippen molar-refractivity contribution in [3.05, 3.63) is 58.2 Å². The van der Waals surface area contributed by atoms with Crippen molar-refractivity contribution in [3.63, 3.8) is 0 Å². The van der Waals surface area contributed by atoms with Crippen molar-refractivity contribution in [1.82, 2.24) is 0 Å². The maximum Gasteiger partial charge on any atom is 0.336 e. The molecule has 5 aliphatic rings. The first-order valence-electron chi connectivity index (χ1n) is 14.4. The summed E-state index contributed by atoms with van der Waals surface area (Å²) in [6.45, 7) is 1.90. The molecule has 1 aromatic carbocycles. The molecule has 5 heteroatoms. The van der Waals surface area contributed by atoms with Gasteiger partial charge in [0.05, 0.1) is 26.9 Å². The van der Waals surface area contributed by atoms with Gasteiger partial charge in [-0.15, -0.1) is 6.42 Å². The molecule has 0 bridgehead atoms. The van der Waals surface area contributed by atoms with E-state index in [1.165, 1.54) is 40.7 Å². The molecule has 0 radical (unpaired) electrons. The molecular formula is C33H41F2N2O+. The summed E-state index contributed by atoms with van der Waals surface area (Å²) >= 11 is 0. The average Bonchev–Trinajstić information content (AvgIpc) is 3.67. The predicted molar refractivity (Wildman–Crippen MR) is 148 cm³/mol. The quantitative estimate of drug-likeness (QED) is 0.260. The van der Waals surface area contributed by atoms with Crippen molar-refractivity contribution < 1.29 is 18.5 Å². The molecule has 5 aliphatic carbocycles. The Balaban J connectivity index is 1.48. The van der Waals surface area contributed by atoms with Gasteiger partial charge >= 0.3 is 5.92 Å². The fraction of sp³-hybridized carbons (Fsp3) is 0.606. The van der Waals surface area contributed by atoms with E-state index in [1.54, 1.807) is 5.92 Å². The highest BCUT2D eigenvalue weighted by molar-refractivity contribution is 5.97. The molecule has 0 saturated heterocycles. The molecule has 1 aromatic rings. The van der Waals surface area contributed by atoms with Crippen LogP contribution in [0.15, 0.2) is 52.2 Å². The second kappa shape index (κ2) is 8.60. The van der Waals surface area contributed by atoms with E-state index >= 15 is 8.78 Å². The minimum atomic E-state index is -3.55. The molecule has 3 nitrogen and oxygen atoms in total. The number of fused-ring (bicyclic) bond motifs is 4. The first-order valence-corrected chi connectivity index (χ1v) is 14.4. The molecular weight excluding hydrogens is 478 g/mol.